The zero-order valence-corrected chi connectivity index (χ0v) is 20.5. The lowest BCUT2D eigenvalue weighted by atomic mass is 10.1. The molecule has 0 aliphatic heterocycles. The van der Waals surface area contributed by atoms with E-state index in [2.05, 4.69) is 41.3 Å². The first-order valence-corrected chi connectivity index (χ1v) is 12.2. The third-order valence-corrected chi connectivity index (χ3v) is 8.02. The summed E-state index contributed by atoms with van der Waals surface area (Å²) in [6, 6.07) is 0. The van der Waals surface area contributed by atoms with Crippen LogP contribution in [0.4, 0.5) is 5.00 Å². The van der Waals surface area contributed by atoms with Crippen molar-refractivity contribution in [3.05, 3.63) is 44.5 Å². The number of aryl methyl sites for hydroxylation is 2. The molecule has 0 aliphatic rings. The molecule has 1 amide bonds. The lowest BCUT2D eigenvalue weighted by molar-refractivity contribution is -0.113. The van der Waals surface area contributed by atoms with Crippen LogP contribution in [0.3, 0.4) is 0 Å². The number of carbonyl (C=O) groups excluding carboxylic acids is 2. The highest BCUT2D eigenvalue weighted by atomic mass is 32.2. The van der Waals surface area contributed by atoms with Gasteiger partial charge in [0.1, 0.15) is 5.00 Å². The SMILES string of the molecule is C=CCn1c(SCC(=O)Nc2sc(C)c(C)c2C(=O)OC)nnc1-c1csc(C)c1C. The lowest BCUT2D eigenvalue weighted by Crippen LogP contribution is -2.16. The number of allylic oxidation sites excluding steroid dienone is 1. The third-order valence-electron chi connectivity index (χ3n) is 4.92. The number of thioether (sulfide) groups is 1. The number of hydrogen-bond donors (Lipinski definition) is 1. The van der Waals surface area contributed by atoms with E-state index in [1.165, 1.54) is 40.6 Å². The maximum absolute atomic E-state index is 12.6. The van der Waals surface area contributed by atoms with E-state index < -0.39 is 5.97 Å². The van der Waals surface area contributed by atoms with Crippen LogP contribution in [0, 0.1) is 27.7 Å². The summed E-state index contributed by atoms with van der Waals surface area (Å²) < 4.78 is 6.82. The van der Waals surface area contributed by atoms with Gasteiger partial charge in [-0.15, -0.1) is 39.4 Å². The molecule has 0 atom stereocenters. The van der Waals surface area contributed by atoms with Crippen molar-refractivity contribution in [2.75, 3.05) is 18.2 Å². The maximum Gasteiger partial charge on any atom is 0.341 e. The Balaban J connectivity index is 1.77. The first kappa shape index (κ1) is 23.2. The molecule has 0 spiro atoms. The van der Waals surface area contributed by atoms with Crippen LogP contribution in [0.2, 0.25) is 0 Å². The van der Waals surface area contributed by atoms with Crippen molar-refractivity contribution in [3.8, 4) is 11.4 Å². The van der Waals surface area contributed by atoms with E-state index in [4.69, 9.17) is 4.74 Å². The van der Waals surface area contributed by atoms with E-state index in [-0.39, 0.29) is 11.7 Å². The van der Waals surface area contributed by atoms with Crippen molar-refractivity contribution in [2.24, 2.45) is 0 Å². The van der Waals surface area contributed by atoms with Crippen molar-refractivity contribution in [1.29, 1.82) is 0 Å². The molecule has 164 valence electrons. The van der Waals surface area contributed by atoms with Crippen LogP contribution in [-0.4, -0.2) is 39.5 Å². The number of thiophene rings is 2. The van der Waals surface area contributed by atoms with Gasteiger partial charge in [-0.2, -0.15) is 0 Å². The maximum atomic E-state index is 12.6. The van der Waals surface area contributed by atoms with Gasteiger partial charge in [0.25, 0.3) is 0 Å². The first-order valence-electron chi connectivity index (χ1n) is 9.48. The molecule has 0 bridgehead atoms. The Bertz CT molecular complexity index is 1140. The summed E-state index contributed by atoms with van der Waals surface area (Å²) in [5, 5.41) is 14.7. The summed E-state index contributed by atoms with van der Waals surface area (Å²) in [4.78, 5) is 26.9. The predicted molar refractivity (Wildman–Crippen MR) is 127 cm³/mol. The number of ether oxygens (including phenoxy) is 1. The molecule has 31 heavy (non-hydrogen) atoms. The molecular weight excluding hydrogens is 452 g/mol. The Morgan fingerprint density at radius 3 is 2.58 bits per heavy atom. The Kier molecular flexibility index (Phi) is 7.34. The third kappa shape index (κ3) is 4.76. The minimum atomic E-state index is -0.457. The average molecular weight is 477 g/mol. The molecule has 3 rings (SSSR count). The van der Waals surface area contributed by atoms with Gasteiger partial charge in [-0.05, 0) is 38.8 Å². The van der Waals surface area contributed by atoms with E-state index in [1.54, 1.807) is 17.4 Å². The van der Waals surface area contributed by atoms with Gasteiger partial charge in [0.05, 0.1) is 18.4 Å². The van der Waals surface area contributed by atoms with Gasteiger partial charge in [-0.25, -0.2) is 4.79 Å². The summed E-state index contributed by atoms with van der Waals surface area (Å²) in [5.74, 6) is 0.213. The second-order valence-electron chi connectivity index (χ2n) is 6.85. The van der Waals surface area contributed by atoms with Crippen LogP contribution in [0.1, 0.15) is 31.2 Å². The quantitative estimate of drug-likeness (QED) is 0.280. The molecule has 0 radical (unpaired) electrons. The van der Waals surface area contributed by atoms with Crippen molar-refractivity contribution in [1.82, 2.24) is 14.8 Å². The summed E-state index contributed by atoms with van der Waals surface area (Å²) in [6.07, 6.45) is 1.78. The molecule has 10 heteroatoms. The Hall–Kier alpha value is -2.43. The van der Waals surface area contributed by atoms with Gasteiger partial charge < -0.3 is 10.1 Å². The van der Waals surface area contributed by atoms with Gasteiger partial charge in [-0.3, -0.25) is 9.36 Å². The van der Waals surface area contributed by atoms with Gasteiger partial charge in [-0.1, -0.05) is 17.8 Å². The van der Waals surface area contributed by atoms with E-state index in [0.717, 1.165) is 21.8 Å². The largest absolute Gasteiger partial charge is 0.465 e. The zero-order valence-electron chi connectivity index (χ0n) is 18.1. The number of rotatable bonds is 8. The number of nitrogens with zero attached hydrogens (tertiary/aromatic N) is 3. The molecule has 3 heterocycles. The second-order valence-corrected chi connectivity index (χ2v) is 10.1. The fourth-order valence-electron chi connectivity index (χ4n) is 2.98. The summed E-state index contributed by atoms with van der Waals surface area (Å²) >= 11 is 4.33. The van der Waals surface area contributed by atoms with Crippen LogP contribution in [-0.2, 0) is 16.1 Å². The summed E-state index contributed by atoms with van der Waals surface area (Å²) in [7, 11) is 1.33. The topological polar surface area (TPSA) is 86.1 Å². The molecule has 3 aromatic heterocycles. The summed E-state index contributed by atoms with van der Waals surface area (Å²) in [6.45, 7) is 12.3. The van der Waals surface area contributed by atoms with Crippen molar-refractivity contribution in [2.45, 2.75) is 39.4 Å². The molecule has 0 saturated heterocycles. The molecule has 7 nitrogen and oxygen atoms in total. The van der Waals surface area contributed by atoms with E-state index in [9.17, 15) is 9.59 Å². The van der Waals surface area contributed by atoms with Gasteiger partial charge in [0.15, 0.2) is 11.0 Å². The van der Waals surface area contributed by atoms with Crippen molar-refractivity contribution < 1.29 is 14.3 Å². The number of amides is 1. The highest BCUT2D eigenvalue weighted by Gasteiger charge is 2.22. The van der Waals surface area contributed by atoms with Crippen LogP contribution in [0.15, 0.2) is 23.2 Å². The minimum Gasteiger partial charge on any atom is -0.465 e. The minimum absolute atomic E-state index is 0.132. The fourth-order valence-corrected chi connectivity index (χ4v) is 5.65. The van der Waals surface area contributed by atoms with Crippen LogP contribution < -0.4 is 5.32 Å². The number of methoxy groups -OCH3 is 1. The number of hydrogen-bond acceptors (Lipinski definition) is 8. The van der Waals surface area contributed by atoms with Gasteiger partial charge in [0.2, 0.25) is 5.91 Å². The summed E-state index contributed by atoms with van der Waals surface area (Å²) in [5.41, 5.74) is 3.44. The zero-order chi connectivity index (χ0) is 22.7. The molecule has 0 unspecified atom stereocenters. The molecule has 0 aliphatic carbocycles. The number of anilines is 1. The lowest BCUT2D eigenvalue weighted by Gasteiger charge is -2.08. The molecule has 3 aromatic rings. The van der Waals surface area contributed by atoms with Crippen molar-refractivity contribution in [3.63, 3.8) is 0 Å². The predicted octanol–water partition coefficient (Wildman–Crippen LogP) is 5.01. The number of nitrogens with one attached hydrogen (secondary N) is 1. The van der Waals surface area contributed by atoms with Crippen molar-refractivity contribution >= 4 is 51.3 Å². The highest BCUT2D eigenvalue weighted by molar-refractivity contribution is 7.99. The van der Waals surface area contributed by atoms with Crippen LogP contribution in [0.25, 0.3) is 11.4 Å². The molecule has 0 aromatic carbocycles. The highest BCUT2D eigenvalue weighted by Crippen LogP contribution is 2.34. The fraction of sp³-hybridized carbons (Fsp3) is 0.333. The molecular formula is C21H24N4O3S3. The smallest absolute Gasteiger partial charge is 0.341 e. The number of aromatic nitrogens is 3. The molecule has 0 fully saturated rings. The average Bonchev–Trinajstić information content (AvgIpc) is 3.37. The van der Waals surface area contributed by atoms with Gasteiger partial charge in [0, 0.05) is 27.2 Å². The molecule has 0 saturated carbocycles. The van der Waals surface area contributed by atoms with E-state index in [1.807, 2.05) is 18.4 Å². The Morgan fingerprint density at radius 1 is 1.23 bits per heavy atom. The van der Waals surface area contributed by atoms with Crippen LogP contribution in [0.5, 0.6) is 0 Å². The monoisotopic (exact) mass is 476 g/mol. The first-order chi connectivity index (χ1) is 14.8. The van der Waals surface area contributed by atoms with Crippen LogP contribution >= 0.6 is 34.4 Å². The standard InChI is InChI=1S/C21H24N4O3S3/c1-7-8-25-18(15-9-29-13(4)11(15)2)23-24-21(25)30-10-16(26)22-19-17(20(27)28-6)12(3)14(5)31-19/h7,9H,1,8,10H2,2-6H3,(H,22,26). The van der Waals surface area contributed by atoms with Gasteiger partial charge >= 0.3 is 5.97 Å². The second kappa shape index (κ2) is 9.80. The molecule has 1 N–H and O–H groups in total. The number of esters is 1. The van der Waals surface area contributed by atoms with E-state index >= 15 is 0 Å². The Morgan fingerprint density at radius 2 is 1.97 bits per heavy atom. The van der Waals surface area contributed by atoms with E-state index in [0.29, 0.717) is 22.3 Å². The number of carbonyl (C=O) groups is 2. The Labute approximate surface area is 193 Å². The normalized spacial score (nSPS) is 10.9.